The van der Waals surface area contributed by atoms with E-state index >= 15 is 0 Å². The fourth-order valence-electron chi connectivity index (χ4n) is 13.2. The van der Waals surface area contributed by atoms with Gasteiger partial charge in [0.05, 0.1) is 17.0 Å². The number of benzene rings is 6. The summed E-state index contributed by atoms with van der Waals surface area (Å²) in [6.07, 6.45) is 4.63. The van der Waals surface area contributed by atoms with Gasteiger partial charge in [-0.25, -0.2) is 0 Å². The average Bonchev–Trinajstić information content (AvgIpc) is 3.72. The minimum atomic E-state index is -0.158. The van der Waals surface area contributed by atoms with Crippen molar-refractivity contribution in [2.24, 2.45) is 0 Å². The van der Waals surface area contributed by atoms with E-state index in [2.05, 4.69) is 247 Å². The van der Waals surface area contributed by atoms with Crippen molar-refractivity contribution in [1.82, 2.24) is 0 Å². The third-order valence-corrected chi connectivity index (χ3v) is 18.0. The Labute approximate surface area is 437 Å². The molecule has 73 heavy (non-hydrogen) atoms. The van der Waals surface area contributed by atoms with Gasteiger partial charge in [0.1, 0.15) is 5.58 Å². The molecule has 1 aromatic heterocycles. The van der Waals surface area contributed by atoms with Crippen molar-refractivity contribution in [1.29, 1.82) is 0 Å². The van der Waals surface area contributed by atoms with Gasteiger partial charge in [-0.3, -0.25) is 0 Å². The minimum Gasteiger partial charge on any atom is -0.468 e. The van der Waals surface area contributed by atoms with Crippen molar-refractivity contribution in [3.05, 3.63) is 172 Å². The monoisotopic (exact) mass is 957 g/mol. The van der Waals surface area contributed by atoms with Crippen LogP contribution in [0.3, 0.4) is 0 Å². The van der Waals surface area contributed by atoms with Gasteiger partial charge < -0.3 is 14.2 Å². The molecule has 0 fully saturated rings. The molecule has 0 saturated carbocycles. The lowest BCUT2D eigenvalue weighted by Crippen LogP contribution is -2.61. The highest BCUT2D eigenvalue weighted by Gasteiger charge is 2.50. The van der Waals surface area contributed by atoms with Gasteiger partial charge >= 0.3 is 0 Å². The Morgan fingerprint density at radius 1 is 0.534 bits per heavy atom. The van der Waals surface area contributed by atoms with Crippen LogP contribution in [0, 0.1) is 19.1 Å². The SMILES string of the molecule is Cc1cc2c3c(c1)N(c1ccc(C(C)(C)C)cc1-c1cc#cc(-c4ccccc4)c1)c1c(oc4ccc(C(C)(C)C)cc14)B3c1cc3c(cc1N2c1ccc2c(c1)C(C)(C)CCC2(C)C)C(C)(C)CCC3(C)C. The minimum absolute atomic E-state index is 0.00791. The Hall–Kier alpha value is -6.44. The summed E-state index contributed by atoms with van der Waals surface area (Å²) in [5.74, 6) is 0. The quantitative estimate of drug-likeness (QED) is 0.164. The third kappa shape index (κ3) is 7.45. The van der Waals surface area contributed by atoms with E-state index in [0.29, 0.717) is 0 Å². The molecule has 368 valence electrons. The summed E-state index contributed by atoms with van der Waals surface area (Å²) >= 11 is 0. The number of aryl methyl sites for hydroxylation is 1. The Balaban J connectivity index is 1.21. The summed E-state index contributed by atoms with van der Waals surface area (Å²) in [4.78, 5) is 5.26. The molecule has 0 N–H and O–H groups in total. The molecule has 0 atom stereocenters. The summed E-state index contributed by atoms with van der Waals surface area (Å²) in [6.45, 7) is 35.7. The van der Waals surface area contributed by atoms with Crippen LogP contribution in [0.4, 0.5) is 34.1 Å². The molecule has 3 nitrogen and oxygen atoms in total. The molecule has 0 spiro atoms. The van der Waals surface area contributed by atoms with Crippen LogP contribution in [0.2, 0.25) is 0 Å². The molecule has 7 aromatic carbocycles. The molecule has 4 aliphatic rings. The van der Waals surface area contributed by atoms with Gasteiger partial charge in [-0.2, -0.15) is 0 Å². The zero-order valence-electron chi connectivity index (χ0n) is 46.3. The first kappa shape index (κ1) is 47.6. The van der Waals surface area contributed by atoms with Crippen molar-refractivity contribution in [3.63, 3.8) is 0 Å². The second-order valence-corrected chi connectivity index (χ2v) is 27.1. The van der Waals surface area contributed by atoms with E-state index in [9.17, 15) is 0 Å². The van der Waals surface area contributed by atoms with E-state index in [-0.39, 0.29) is 39.2 Å². The molecule has 2 aliphatic carbocycles. The maximum absolute atomic E-state index is 7.58. The number of hydrogen-bond donors (Lipinski definition) is 0. The van der Waals surface area contributed by atoms with Crippen LogP contribution in [-0.4, -0.2) is 6.71 Å². The zero-order valence-corrected chi connectivity index (χ0v) is 46.3. The fourth-order valence-corrected chi connectivity index (χ4v) is 13.2. The maximum atomic E-state index is 7.58. The summed E-state index contributed by atoms with van der Waals surface area (Å²) in [5, 5.41) is 1.14. The first-order chi connectivity index (χ1) is 34.3. The second-order valence-electron chi connectivity index (χ2n) is 27.1. The van der Waals surface area contributed by atoms with Crippen LogP contribution in [0.5, 0.6) is 0 Å². The molecular formula is C69H73BN2O. The lowest BCUT2D eigenvalue weighted by atomic mass is 9.35. The normalized spacial score (nSPS) is 17.8. The van der Waals surface area contributed by atoms with Crippen LogP contribution in [-0.2, 0) is 32.5 Å². The van der Waals surface area contributed by atoms with E-state index in [1.54, 1.807) is 0 Å². The van der Waals surface area contributed by atoms with Gasteiger partial charge in [0.25, 0.3) is 6.71 Å². The van der Waals surface area contributed by atoms with Crippen molar-refractivity contribution in [2.75, 3.05) is 9.80 Å². The van der Waals surface area contributed by atoms with Crippen LogP contribution in [0.1, 0.15) is 162 Å². The lowest BCUT2D eigenvalue weighted by molar-refractivity contribution is 0.332. The molecule has 12 rings (SSSR count). The smallest absolute Gasteiger partial charge is 0.297 e. The highest BCUT2D eigenvalue weighted by Crippen LogP contribution is 2.54. The summed E-state index contributed by atoms with van der Waals surface area (Å²) in [5.41, 5.74) is 25.8. The Kier molecular flexibility index (Phi) is 10.3. The zero-order chi connectivity index (χ0) is 51.5. The van der Waals surface area contributed by atoms with E-state index in [1.807, 2.05) is 0 Å². The summed E-state index contributed by atoms with van der Waals surface area (Å²) in [7, 11) is 0. The predicted octanol–water partition coefficient (Wildman–Crippen LogP) is 17.1. The van der Waals surface area contributed by atoms with Gasteiger partial charge in [-0.15, -0.1) is 0 Å². The van der Waals surface area contributed by atoms with E-state index in [1.165, 1.54) is 79.0 Å². The van der Waals surface area contributed by atoms with Gasteiger partial charge in [0.2, 0.25) is 0 Å². The summed E-state index contributed by atoms with van der Waals surface area (Å²) in [6, 6.07) is 53.9. The van der Waals surface area contributed by atoms with Crippen LogP contribution >= 0.6 is 0 Å². The number of nitrogens with zero attached hydrogens (tertiary/aromatic N) is 2. The first-order valence-corrected chi connectivity index (χ1v) is 27.1. The number of fused-ring (bicyclic) bond motifs is 8. The van der Waals surface area contributed by atoms with Crippen molar-refractivity contribution in [2.45, 2.75) is 162 Å². The molecular weight excluding hydrogens is 884 g/mol. The van der Waals surface area contributed by atoms with Crippen LogP contribution < -0.4 is 26.4 Å². The second kappa shape index (κ2) is 15.8. The fraction of sp³-hybridized carbons (Fsp3) is 0.362. The Morgan fingerprint density at radius 3 is 1.78 bits per heavy atom. The molecule has 0 saturated heterocycles. The molecule has 3 heterocycles. The average molecular weight is 957 g/mol. The van der Waals surface area contributed by atoms with Gasteiger partial charge in [-0.05, 0) is 193 Å². The molecule has 8 aromatic rings. The van der Waals surface area contributed by atoms with Crippen LogP contribution in [0.15, 0.2) is 126 Å². The topological polar surface area (TPSA) is 19.6 Å². The highest BCUT2D eigenvalue weighted by molar-refractivity contribution is 7.00. The standard InChI is InChI=1S/C69H73BN2O/c1-42-34-58-61-59(35-42)72(56-28-24-46(64(2,3)4)37-49(56)45-23-19-22-44(36-45)43-20-17-16-18-21-43)62-50-38-47(65(5,6)7)25-29-60(50)73-63(62)70(61)55-40-53-54(69(14,15)33-32-68(53,12)13)41-57(55)71(58)48-26-27-51-52(39-48)67(10,11)31-30-66(51,8)9/h16-18,20-21,23-29,34-41H,30-33H2,1-15H3. The largest absolute Gasteiger partial charge is 0.468 e. The van der Waals surface area contributed by atoms with Crippen molar-refractivity contribution < 1.29 is 4.42 Å². The molecule has 4 heteroatoms. The predicted molar refractivity (Wildman–Crippen MR) is 311 cm³/mol. The van der Waals surface area contributed by atoms with Crippen LogP contribution in [0.25, 0.3) is 33.2 Å². The van der Waals surface area contributed by atoms with Gasteiger partial charge in [0, 0.05) is 39.3 Å². The van der Waals surface area contributed by atoms with Crippen molar-refractivity contribution in [3.8, 4) is 22.3 Å². The maximum Gasteiger partial charge on any atom is 0.297 e. The van der Waals surface area contributed by atoms with E-state index in [0.717, 1.165) is 69.5 Å². The molecule has 0 amide bonds. The third-order valence-electron chi connectivity index (χ3n) is 18.0. The van der Waals surface area contributed by atoms with Crippen molar-refractivity contribution >= 4 is 68.4 Å². The molecule has 2 aliphatic heterocycles. The Bertz CT molecular complexity index is 3570. The lowest BCUT2D eigenvalue weighted by Gasteiger charge is -2.47. The number of hydrogen-bond acceptors (Lipinski definition) is 3. The highest BCUT2D eigenvalue weighted by atomic mass is 16.3. The molecule has 0 unspecified atom stereocenters. The number of anilines is 6. The van der Waals surface area contributed by atoms with E-state index in [4.69, 9.17) is 4.42 Å². The molecule has 0 radical (unpaired) electrons. The number of rotatable bonds is 4. The Morgan fingerprint density at radius 2 is 1.12 bits per heavy atom. The van der Waals surface area contributed by atoms with Gasteiger partial charge in [-0.1, -0.05) is 164 Å². The van der Waals surface area contributed by atoms with Gasteiger partial charge in [0.15, 0.2) is 0 Å². The number of furan rings is 1. The summed E-state index contributed by atoms with van der Waals surface area (Å²) < 4.78 is 7.58. The molecule has 0 bridgehead atoms. The van der Waals surface area contributed by atoms with E-state index < -0.39 is 0 Å². The first-order valence-electron chi connectivity index (χ1n) is 27.1.